The maximum absolute atomic E-state index is 12.1. The zero-order valence-corrected chi connectivity index (χ0v) is 16.0. The van der Waals surface area contributed by atoms with Crippen molar-refractivity contribution < 1.29 is 14.4 Å². The SMILES string of the molecule is CC(C)C(=O)C(C)(C)SN(C)C(=O)ON=C1SCSCS1. The zero-order chi connectivity index (χ0) is 16.0. The molecule has 0 aromatic rings. The summed E-state index contributed by atoms with van der Waals surface area (Å²) >= 11 is 6.08. The van der Waals surface area contributed by atoms with Crippen molar-refractivity contribution in [1.82, 2.24) is 4.31 Å². The van der Waals surface area contributed by atoms with E-state index in [4.69, 9.17) is 4.84 Å². The fraction of sp³-hybridized carbons (Fsp3) is 0.750. The molecule has 0 aromatic carbocycles. The molecular weight excluding hydrogens is 348 g/mol. The number of thioether (sulfide) groups is 3. The van der Waals surface area contributed by atoms with E-state index in [1.807, 2.05) is 13.8 Å². The molecule has 1 aliphatic heterocycles. The van der Waals surface area contributed by atoms with Gasteiger partial charge in [-0.25, -0.2) is 4.79 Å². The van der Waals surface area contributed by atoms with Crippen LogP contribution in [0.5, 0.6) is 0 Å². The second kappa shape index (κ2) is 8.59. The molecule has 120 valence electrons. The van der Waals surface area contributed by atoms with Gasteiger partial charge in [0.25, 0.3) is 0 Å². The highest BCUT2D eigenvalue weighted by Crippen LogP contribution is 2.33. The first-order chi connectivity index (χ1) is 9.74. The van der Waals surface area contributed by atoms with Crippen molar-refractivity contribution in [3.8, 4) is 0 Å². The Morgan fingerprint density at radius 1 is 1.33 bits per heavy atom. The van der Waals surface area contributed by atoms with Crippen molar-refractivity contribution in [2.45, 2.75) is 32.4 Å². The summed E-state index contributed by atoms with van der Waals surface area (Å²) in [5, 5.41) is 5.70. The molecule has 1 fully saturated rings. The highest BCUT2D eigenvalue weighted by Gasteiger charge is 2.33. The highest BCUT2D eigenvalue weighted by molar-refractivity contribution is 8.48. The van der Waals surface area contributed by atoms with Crippen molar-refractivity contribution in [2.75, 3.05) is 17.2 Å². The molecule has 0 spiro atoms. The van der Waals surface area contributed by atoms with Crippen LogP contribution < -0.4 is 0 Å². The lowest BCUT2D eigenvalue weighted by Crippen LogP contribution is -2.36. The Labute approximate surface area is 142 Å². The molecule has 21 heavy (non-hydrogen) atoms. The molecule has 0 aromatic heterocycles. The van der Waals surface area contributed by atoms with Crippen molar-refractivity contribution in [3.63, 3.8) is 0 Å². The van der Waals surface area contributed by atoms with Crippen molar-refractivity contribution in [3.05, 3.63) is 0 Å². The maximum Gasteiger partial charge on any atom is 0.445 e. The Morgan fingerprint density at radius 2 is 1.90 bits per heavy atom. The van der Waals surface area contributed by atoms with E-state index in [9.17, 15) is 9.59 Å². The normalized spacial score (nSPS) is 15.8. The summed E-state index contributed by atoms with van der Waals surface area (Å²) in [4.78, 5) is 28.9. The summed E-state index contributed by atoms with van der Waals surface area (Å²) in [6.07, 6.45) is -0.573. The fourth-order valence-corrected chi connectivity index (χ4v) is 6.42. The van der Waals surface area contributed by atoms with Gasteiger partial charge in [0.1, 0.15) is 0 Å². The van der Waals surface area contributed by atoms with Gasteiger partial charge in [0.05, 0.1) is 4.75 Å². The summed E-state index contributed by atoms with van der Waals surface area (Å²) in [6.45, 7) is 7.31. The Hall–Kier alpha value is 0.01000. The number of hydrogen-bond acceptors (Lipinski definition) is 8. The molecule has 1 amide bonds. The third-order valence-corrected chi connectivity index (χ3v) is 7.18. The fourth-order valence-electron chi connectivity index (χ4n) is 1.57. The number of carbonyl (C=O) groups is 2. The van der Waals surface area contributed by atoms with Gasteiger partial charge >= 0.3 is 6.09 Å². The lowest BCUT2D eigenvalue weighted by molar-refractivity contribution is -0.123. The van der Waals surface area contributed by atoms with E-state index in [-0.39, 0.29) is 11.7 Å². The van der Waals surface area contributed by atoms with Crippen molar-refractivity contribution in [1.29, 1.82) is 0 Å². The number of nitrogens with zero attached hydrogens (tertiary/aromatic N) is 2. The van der Waals surface area contributed by atoms with Gasteiger partial charge in [0.15, 0.2) is 10.2 Å². The van der Waals surface area contributed by atoms with Gasteiger partial charge in [-0.2, -0.15) is 0 Å². The Bertz CT molecular complexity index is 419. The van der Waals surface area contributed by atoms with Crippen LogP contribution in [0.2, 0.25) is 0 Å². The summed E-state index contributed by atoms with van der Waals surface area (Å²) in [7, 11) is 1.58. The monoisotopic (exact) mass is 368 g/mol. The van der Waals surface area contributed by atoms with Crippen molar-refractivity contribution >= 4 is 63.5 Å². The molecule has 1 aliphatic rings. The number of Topliss-reactive ketones (excluding diaryl/α,β-unsaturated/α-hetero) is 1. The maximum atomic E-state index is 12.1. The first-order valence-electron chi connectivity index (χ1n) is 6.33. The van der Waals surface area contributed by atoms with E-state index in [0.29, 0.717) is 0 Å². The van der Waals surface area contributed by atoms with Crippen LogP contribution >= 0.6 is 47.2 Å². The Balaban J connectivity index is 2.52. The number of hydrogen-bond donors (Lipinski definition) is 0. The molecule has 0 aliphatic carbocycles. The van der Waals surface area contributed by atoms with Crippen LogP contribution in [0.1, 0.15) is 27.7 Å². The second-order valence-electron chi connectivity index (χ2n) is 5.06. The number of carbonyl (C=O) groups excluding carboxylic acids is 2. The molecule has 0 N–H and O–H groups in total. The molecule has 1 rings (SSSR count). The second-order valence-corrected chi connectivity index (χ2v) is 10.7. The standard InChI is InChI=1S/C12H20N2O3S4/c1-8(2)9(15)12(3,4)21-14(5)11(16)17-13-10-19-6-18-7-20-10/h8H,6-7H2,1-5H3. The van der Waals surface area contributed by atoms with E-state index in [1.54, 1.807) is 56.2 Å². The van der Waals surface area contributed by atoms with Gasteiger partial charge in [-0.05, 0) is 25.8 Å². The molecule has 9 heteroatoms. The van der Waals surface area contributed by atoms with Gasteiger partial charge in [0.2, 0.25) is 0 Å². The molecule has 0 bridgehead atoms. The van der Waals surface area contributed by atoms with Crippen LogP contribution in [0.15, 0.2) is 5.16 Å². The van der Waals surface area contributed by atoms with Crippen LogP contribution in [0.25, 0.3) is 0 Å². The molecule has 1 saturated heterocycles. The van der Waals surface area contributed by atoms with Gasteiger partial charge in [-0.1, -0.05) is 42.5 Å². The number of rotatable bonds is 5. The average Bonchev–Trinajstić information content (AvgIpc) is 2.44. The predicted molar refractivity (Wildman–Crippen MR) is 95.7 cm³/mol. The average molecular weight is 369 g/mol. The van der Waals surface area contributed by atoms with Crippen LogP contribution in [0, 0.1) is 5.92 Å². The molecule has 0 radical (unpaired) electrons. The van der Waals surface area contributed by atoms with E-state index in [2.05, 4.69) is 5.16 Å². The number of ketones is 1. The minimum atomic E-state index is -0.680. The quantitative estimate of drug-likeness (QED) is 0.411. The van der Waals surface area contributed by atoms with Crippen LogP contribution in [-0.2, 0) is 9.63 Å². The topological polar surface area (TPSA) is 59.0 Å². The number of oxime groups is 1. The largest absolute Gasteiger partial charge is 0.445 e. The molecule has 0 saturated carbocycles. The van der Waals surface area contributed by atoms with Crippen LogP contribution in [-0.4, -0.2) is 42.5 Å². The smallest absolute Gasteiger partial charge is 0.298 e. The highest BCUT2D eigenvalue weighted by atomic mass is 32.3. The van der Waals surface area contributed by atoms with Crippen LogP contribution in [0.4, 0.5) is 4.79 Å². The summed E-state index contributed by atoms with van der Waals surface area (Å²) in [5.74, 6) is 0.0126. The first-order valence-corrected chi connectivity index (χ1v) is 10.2. The molecule has 0 unspecified atom stereocenters. The molecular formula is C12H20N2O3S4. The zero-order valence-electron chi connectivity index (χ0n) is 12.7. The van der Waals surface area contributed by atoms with Gasteiger partial charge in [-0.3, -0.25) is 13.9 Å². The summed E-state index contributed by atoms with van der Waals surface area (Å²) in [5.41, 5.74) is 0. The minimum absolute atomic E-state index is 0.0790. The Morgan fingerprint density at radius 3 is 2.43 bits per heavy atom. The first kappa shape index (κ1) is 19.1. The summed E-state index contributed by atoms with van der Waals surface area (Å²) < 4.78 is 1.40. The predicted octanol–water partition coefficient (Wildman–Crippen LogP) is 4.11. The molecule has 1 heterocycles. The lowest BCUT2D eigenvalue weighted by atomic mass is 9.98. The van der Waals surface area contributed by atoms with Gasteiger partial charge < -0.3 is 0 Å². The van der Waals surface area contributed by atoms with E-state index >= 15 is 0 Å². The lowest BCUT2D eigenvalue weighted by Gasteiger charge is -2.28. The van der Waals surface area contributed by atoms with E-state index in [1.165, 1.54) is 4.31 Å². The summed E-state index contributed by atoms with van der Waals surface area (Å²) in [6, 6.07) is 0. The van der Waals surface area contributed by atoms with E-state index < -0.39 is 10.8 Å². The third-order valence-electron chi connectivity index (χ3n) is 2.47. The minimum Gasteiger partial charge on any atom is -0.298 e. The molecule has 0 atom stereocenters. The van der Waals surface area contributed by atoms with Crippen LogP contribution in [0.3, 0.4) is 0 Å². The third kappa shape index (κ3) is 6.33. The molecule has 5 nitrogen and oxygen atoms in total. The van der Waals surface area contributed by atoms with Gasteiger partial charge in [-0.15, -0.1) is 11.8 Å². The van der Waals surface area contributed by atoms with E-state index in [0.717, 1.165) is 26.5 Å². The van der Waals surface area contributed by atoms with Gasteiger partial charge in [0, 0.05) is 23.1 Å². The Kier molecular flexibility index (Phi) is 7.80. The van der Waals surface area contributed by atoms with Crippen molar-refractivity contribution in [2.24, 2.45) is 11.1 Å². The number of amides is 1.